The van der Waals surface area contributed by atoms with E-state index in [0.29, 0.717) is 12.6 Å². The van der Waals surface area contributed by atoms with Gasteiger partial charge in [0.2, 0.25) is 5.91 Å². The van der Waals surface area contributed by atoms with Gasteiger partial charge in [-0.05, 0) is 30.9 Å². The summed E-state index contributed by atoms with van der Waals surface area (Å²) in [7, 11) is 0. The lowest BCUT2D eigenvalue weighted by Gasteiger charge is -2.27. The Morgan fingerprint density at radius 3 is 2.78 bits per heavy atom. The zero-order valence-corrected chi connectivity index (χ0v) is 11.0. The summed E-state index contributed by atoms with van der Waals surface area (Å²) in [6.45, 7) is 2.62. The monoisotopic (exact) mass is 246 g/mol. The molecule has 2 N–H and O–H groups in total. The van der Waals surface area contributed by atoms with Gasteiger partial charge in [-0.25, -0.2) is 0 Å². The molecule has 0 aromatic heterocycles. The van der Waals surface area contributed by atoms with Crippen molar-refractivity contribution in [2.75, 3.05) is 11.9 Å². The van der Waals surface area contributed by atoms with Crippen LogP contribution in [0.3, 0.4) is 0 Å². The fourth-order valence-electron chi connectivity index (χ4n) is 2.58. The second-order valence-electron chi connectivity index (χ2n) is 5.26. The van der Waals surface area contributed by atoms with Crippen molar-refractivity contribution < 1.29 is 4.79 Å². The first kappa shape index (κ1) is 12.9. The van der Waals surface area contributed by atoms with Gasteiger partial charge in [-0.15, -0.1) is 0 Å². The highest BCUT2D eigenvalue weighted by atomic mass is 16.1. The Hall–Kier alpha value is -1.51. The number of rotatable bonds is 4. The minimum Gasteiger partial charge on any atom is -0.376 e. The van der Waals surface area contributed by atoms with Crippen LogP contribution in [0.4, 0.5) is 5.69 Å². The molecular weight excluding hydrogens is 224 g/mol. The topological polar surface area (TPSA) is 41.1 Å². The van der Waals surface area contributed by atoms with Crippen LogP contribution in [0.5, 0.6) is 0 Å². The lowest BCUT2D eigenvalue weighted by molar-refractivity contribution is -0.120. The van der Waals surface area contributed by atoms with Crippen molar-refractivity contribution in [2.24, 2.45) is 5.92 Å². The molecular formula is C15H22N2O. The third kappa shape index (κ3) is 4.06. The lowest BCUT2D eigenvalue weighted by Crippen LogP contribution is -2.40. The molecule has 1 amide bonds. The number of hydrogen-bond acceptors (Lipinski definition) is 2. The summed E-state index contributed by atoms with van der Waals surface area (Å²) in [5, 5.41) is 6.25. The molecule has 1 aliphatic rings. The molecule has 0 bridgehead atoms. The number of carbonyl (C=O) groups is 1. The van der Waals surface area contributed by atoms with Gasteiger partial charge in [0.15, 0.2) is 0 Å². The first-order valence-electron chi connectivity index (χ1n) is 6.82. The maximum Gasteiger partial charge on any atom is 0.239 e. The van der Waals surface area contributed by atoms with Gasteiger partial charge in [0.1, 0.15) is 0 Å². The molecule has 0 aliphatic heterocycles. The minimum absolute atomic E-state index is 0.0953. The molecule has 3 nitrogen and oxygen atoms in total. The molecule has 0 saturated heterocycles. The highest BCUT2D eigenvalue weighted by Gasteiger charge is 2.19. The van der Waals surface area contributed by atoms with Crippen LogP contribution in [0.1, 0.15) is 32.6 Å². The Kier molecular flexibility index (Phi) is 4.62. The predicted molar refractivity (Wildman–Crippen MR) is 74.5 cm³/mol. The Morgan fingerprint density at radius 2 is 2.06 bits per heavy atom. The van der Waals surface area contributed by atoms with Gasteiger partial charge < -0.3 is 10.6 Å². The van der Waals surface area contributed by atoms with Crippen LogP contribution < -0.4 is 10.6 Å². The van der Waals surface area contributed by atoms with Gasteiger partial charge in [-0.2, -0.15) is 0 Å². The molecule has 0 heterocycles. The molecule has 1 aromatic rings. The van der Waals surface area contributed by atoms with Crippen molar-refractivity contribution in [3.8, 4) is 0 Å². The molecule has 1 aliphatic carbocycles. The average molecular weight is 246 g/mol. The van der Waals surface area contributed by atoms with Crippen molar-refractivity contribution in [1.29, 1.82) is 0 Å². The fourth-order valence-corrected chi connectivity index (χ4v) is 2.58. The Balaban J connectivity index is 1.72. The van der Waals surface area contributed by atoms with Crippen molar-refractivity contribution >= 4 is 11.6 Å². The fraction of sp³-hybridized carbons (Fsp3) is 0.533. The number of para-hydroxylation sites is 1. The van der Waals surface area contributed by atoms with Crippen LogP contribution in [0.25, 0.3) is 0 Å². The highest BCUT2D eigenvalue weighted by Crippen LogP contribution is 2.23. The molecule has 2 rings (SSSR count). The standard InChI is InChI=1S/C15H22N2O/c1-12-6-5-9-14(10-12)17-15(18)11-16-13-7-3-2-4-8-13/h2-4,7-8,12,14,16H,5-6,9-11H2,1H3,(H,17,18). The summed E-state index contributed by atoms with van der Waals surface area (Å²) in [6, 6.07) is 10.2. The van der Waals surface area contributed by atoms with Crippen molar-refractivity contribution in [1.82, 2.24) is 5.32 Å². The molecule has 98 valence electrons. The third-order valence-corrected chi connectivity index (χ3v) is 3.53. The molecule has 1 fully saturated rings. The van der Waals surface area contributed by atoms with Crippen LogP contribution in [0.2, 0.25) is 0 Å². The largest absolute Gasteiger partial charge is 0.376 e. The van der Waals surface area contributed by atoms with E-state index in [0.717, 1.165) is 24.4 Å². The molecule has 3 heteroatoms. The quantitative estimate of drug-likeness (QED) is 0.857. The zero-order valence-electron chi connectivity index (χ0n) is 11.0. The van der Waals surface area contributed by atoms with Crippen molar-refractivity contribution in [3.63, 3.8) is 0 Å². The summed E-state index contributed by atoms with van der Waals surface area (Å²) in [4.78, 5) is 11.8. The van der Waals surface area contributed by atoms with E-state index in [1.54, 1.807) is 0 Å². The van der Waals surface area contributed by atoms with Gasteiger partial charge in [-0.3, -0.25) is 4.79 Å². The maximum atomic E-state index is 11.8. The second kappa shape index (κ2) is 6.43. The van der Waals surface area contributed by atoms with Crippen LogP contribution in [-0.4, -0.2) is 18.5 Å². The Labute approximate surface area is 109 Å². The molecule has 18 heavy (non-hydrogen) atoms. The van der Waals surface area contributed by atoms with E-state index >= 15 is 0 Å². The molecule has 2 unspecified atom stereocenters. The van der Waals surface area contributed by atoms with E-state index in [1.165, 1.54) is 12.8 Å². The highest BCUT2D eigenvalue weighted by molar-refractivity contribution is 5.80. The smallest absolute Gasteiger partial charge is 0.239 e. The third-order valence-electron chi connectivity index (χ3n) is 3.53. The van der Waals surface area contributed by atoms with E-state index < -0.39 is 0 Å². The van der Waals surface area contributed by atoms with Crippen molar-refractivity contribution in [3.05, 3.63) is 30.3 Å². The SMILES string of the molecule is CC1CCCC(NC(=O)CNc2ccccc2)C1. The predicted octanol–water partition coefficient (Wildman–Crippen LogP) is 2.79. The zero-order chi connectivity index (χ0) is 12.8. The molecule has 2 atom stereocenters. The van der Waals surface area contributed by atoms with Gasteiger partial charge in [0.25, 0.3) is 0 Å². The summed E-state index contributed by atoms with van der Waals surface area (Å²) < 4.78 is 0. The number of amides is 1. The molecule has 1 saturated carbocycles. The second-order valence-corrected chi connectivity index (χ2v) is 5.26. The number of benzene rings is 1. The van der Waals surface area contributed by atoms with E-state index in [9.17, 15) is 4.79 Å². The molecule has 0 radical (unpaired) electrons. The van der Waals surface area contributed by atoms with Crippen LogP contribution in [-0.2, 0) is 4.79 Å². The van der Waals surface area contributed by atoms with Crippen LogP contribution in [0, 0.1) is 5.92 Å². The normalized spacial score (nSPS) is 23.4. The first-order valence-corrected chi connectivity index (χ1v) is 6.82. The van der Waals surface area contributed by atoms with Gasteiger partial charge >= 0.3 is 0 Å². The van der Waals surface area contributed by atoms with Crippen LogP contribution >= 0.6 is 0 Å². The summed E-state index contributed by atoms with van der Waals surface area (Å²) in [5.74, 6) is 0.837. The van der Waals surface area contributed by atoms with Gasteiger partial charge in [-0.1, -0.05) is 38.0 Å². The van der Waals surface area contributed by atoms with Crippen LogP contribution in [0.15, 0.2) is 30.3 Å². The number of nitrogens with one attached hydrogen (secondary N) is 2. The van der Waals surface area contributed by atoms with E-state index in [4.69, 9.17) is 0 Å². The Morgan fingerprint density at radius 1 is 1.28 bits per heavy atom. The average Bonchev–Trinajstić information content (AvgIpc) is 2.38. The van der Waals surface area contributed by atoms with E-state index in [1.807, 2.05) is 30.3 Å². The summed E-state index contributed by atoms with van der Waals surface area (Å²) in [6.07, 6.45) is 4.78. The maximum absolute atomic E-state index is 11.8. The van der Waals surface area contributed by atoms with Gasteiger partial charge in [0, 0.05) is 11.7 Å². The first-order chi connectivity index (χ1) is 8.74. The Bertz CT molecular complexity index is 377. The molecule has 0 spiro atoms. The van der Waals surface area contributed by atoms with E-state index in [2.05, 4.69) is 17.6 Å². The molecule has 1 aromatic carbocycles. The minimum atomic E-state index is 0.0953. The van der Waals surface area contributed by atoms with Gasteiger partial charge in [0.05, 0.1) is 6.54 Å². The number of hydrogen-bond donors (Lipinski definition) is 2. The summed E-state index contributed by atoms with van der Waals surface area (Å²) in [5.41, 5.74) is 0.990. The van der Waals surface area contributed by atoms with Crippen molar-refractivity contribution in [2.45, 2.75) is 38.6 Å². The number of anilines is 1. The lowest BCUT2D eigenvalue weighted by atomic mass is 9.87. The summed E-state index contributed by atoms with van der Waals surface area (Å²) >= 11 is 0. The van der Waals surface area contributed by atoms with E-state index in [-0.39, 0.29) is 5.91 Å². The number of carbonyl (C=O) groups excluding carboxylic acids is 1.